The van der Waals surface area contributed by atoms with E-state index in [1.165, 1.54) is 6.21 Å². The SMILES string of the molecule is O=C(N/N=C/c1ccc(Br)o1)Nc1ccccc1. The fourth-order valence-corrected chi connectivity index (χ4v) is 1.55. The summed E-state index contributed by atoms with van der Waals surface area (Å²) in [6.45, 7) is 0. The van der Waals surface area contributed by atoms with E-state index in [2.05, 4.69) is 31.8 Å². The molecular formula is C12H10BrN3O2. The highest BCUT2D eigenvalue weighted by Crippen LogP contribution is 2.11. The van der Waals surface area contributed by atoms with E-state index < -0.39 is 6.03 Å². The van der Waals surface area contributed by atoms with Crippen LogP contribution in [0.2, 0.25) is 0 Å². The standard InChI is InChI=1S/C12H10BrN3O2/c13-11-7-6-10(18-11)8-14-16-12(17)15-9-4-2-1-3-5-9/h1-8H,(H2,15,16,17)/b14-8+. The minimum Gasteiger partial charge on any atom is -0.448 e. The highest BCUT2D eigenvalue weighted by Gasteiger charge is 1.99. The monoisotopic (exact) mass is 307 g/mol. The van der Waals surface area contributed by atoms with Gasteiger partial charge in [-0.3, -0.25) is 0 Å². The highest BCUT2D eigenvalue weighted by atomic mass is 79.9. The van der Waals surface area contributed by atoms with E-state index in [0.717, 1.165) is 0 Å². The second kappa shape index (κ2) is 6.02. The number of nitrogens with zero attached hydrogens (tertiary/aromatic N) is 1. The number of amides is 2. The molecule has 0 aliphatic rings. The maximum Gasteiger partial charge on any atom is 0.339 e. The molecule has 5 nitrogen and oxygen atoms in total. The number of carbonyl (C=O) groups excluding carboxylic acids is 1. The van der Waals surface area contributed by atoms with Gasteiger partial charge in [0.2, 0.25) is 0 Å². The normalized spacial score (nSPS) is 10.5. The van der Waals surface area contributed by atoms with E-state index in [4.69, 9.17) is 4.42 Å². The Hall–Kier alpha value is -2.08. The van der Waals surface area contributed by atoms with E-state index in [9.17, 15) is 4.79 Å². The van der Waals surface area contributed by atoms with Crippen LogP contribution >= 0.6 is 15.9 Å². The van der Waals surface area contributed by atoms with Crippen LogP contribution in [-0.4, -0.2) is 12.2 Å². The minimum atomic E-state index is -0.414. The summed E-state index contributed by atoms with van der Waals surface area (Å²) in [7, 11) is 0. The van der Waals surface area contributed by atoms with Crippen molar-refractivity contribution >= 4 is 33.9 Å². The summed E-state index contributed by atoms with van der Waals surface area (Å²) < 4.78 is 5.79. The van der Waals surface area contributed by atoms with Crippen LogP contribution in [0.25, 0.3) is 0 Å². The van der Waals surface area contributed by atoms with Crippen LogP contribution in [0.5, 0.6) is 0 Å². The zero-order chi connectivity index (χ0) is 12.8. The molecule has 1 aromatic heterocycles. The van der Waals surface area contributed by atoms with E-state index in [1.807, 2.05) is 18.2 Å². The van der Waals surface area contributed by atoms with Gasteiger partial charge < -0.3 is 9.73 Å². The van der Waals surface area contributed by atoms with Gasteiger partial charge in [0.05, 0.1) is 6.21 Å². The van der Waals surface area contributed by atoms with Crippen LogP contribution in [0.1, 0.15) is 5.76 Å². The number of benzene rings is 1. The summed E-state index contributed by atoms with van der Waals surface area (Å²) in [6.07, 6.45) is 1.41. The highest BCUT2D eigenvalue weighted by molar-refractivity contribution is 9.10. The number of carbonyl (C=O) groups is 1. The summed E-state index contributed by atoms with van der Waals surface area (Å²) in [5, 5.41) is 6.38. The average Bonchev–Trinajstić information content (AvgIpc) is 2.76. The van der Waals surface area contributed by atoms with Crippen molar-refractivity contribution in [3.05, 3.63) is 52.9 Å². The number of rotatable bonds is 3. The number of hydrogen-bond acceptors (Lipinski definition) is 3. The molecule has 92 valence electrons. The molecule has 18 heavy (non-hydrogen) atoms. The zero-order valence-electron chi connectivity index (χ0n) is 9.26. The number of hydrogen-bond donors (Lipinski definition) is 2. The third kappa shape index (κ3) is 3.74. The van der Waals surface area contributed by atoms with Gasteiger partial charge in [-0.05, 0) is 40.2 Å². The Balaban J connectivity index is 1.83. The molecule has 1 heterocycles. The Morgan fingerprint density at radius 3 is 2.67 bits per heavy atom. The third-order valence-corrected chi connectivity index (χ3v) is 2.41. The number of halogens is 1. The number of anilines is 1. The van der Waals surface area contributed by atoms with Gasteiger partial charge in [-0.1, -0.05) is 18.2 Å². The molecule has 0 aliphatic heterocycles. The second-order valence-electron chi connectivity index (χ2n) is 3.33. The van der Waals surface area contributed by atoms with Crippen molar-refractivity contribution in [2.75, 3.05) is 5.32 Å². The van der Waals surface area contributed by atoms with Gasteiger partial charge in [0.1, 0.15) is 5.76 Å². The average molecular weight is 308 g/mol. The van der Waals surface area contributed by atoms with Crippen molar-refractivity contribution in [3.63, 3.8) is 0 Å². The molecule has 0 saturated heterocycles. The Kier molecular flexibility index (Phi) is 4.14. The van der Waals surface area contributed by atoms with Gasteiger partial charge in [0.15, 0.2) is 4.67 Å². The number of furan rings is 1. The molecule has 0 aliphatic carbocycles. The molecule has 0 saturated carbocycles. The van der Waals surface area contributed by atoms with Gasteiger partial charge in [-0.25, -0.2) is 10.2 Å². The van der Waals surface area contributed by atoms with Gasteiger partial charge in [-0.15, -0.1) is 0 Å². The maximum atomic E-state index is 11.4. The molecule has 0 atom stereocenters. The molecule has 2 amide bonds. The Bertz CT molecular complexity index is 551. The summed E-state index contributed by atoms with van der Waals surface area (Å²) >= 11 is 3.17. The van der Waals surface area contributed by atoms with Gasteiger partial charge in [0, 0.05) is 5.69 Å². The lowest BCUT2D eigenvalue weighted by molar-refractivity contribution is 0.252. The number of nitrogens with one attached hydrogen (secondary N) is 2. The number of hydrazone groups is 1. The summed E-state index contributed by atoms with van der Waals surface area (Å²) in [5.41, 5.74) is 3.03. The first-order valence-corrected chi connectivity index (χ1v) is 5.94. The quantitative estimate of drug-likeness (QED) is 0.675. The van der Waals surface area contributed by atoms with E-state index >= 15 is 0 Å². The maximum absolute atomic E-state index is 11.4. The lowest BCUT2D eigenvalue weighted by atomic mass is 10.3. The predicted molar refractivity (Wildman–Crippen MR) is 72.6 cm³/mol. The largest absolute Gasteiger partial charge is 0.448 e. The lowest BCUT2D eigenvalue weighted by Crippen LogP contribution is -2.24. The van der Waals surface area contributed by atoms with Crippen LogP contribution in [-0.2, 0) is 0 Å². The number of para-hydroxylation sites is 1. The van der Waals surface area contributed by atoms with E-state index in [1.54, 1.807) is 24.3 Å². The van der Waals surface area contributed by atoms with Gasteiger partial charge in [0.25, 0.3) is 0 Å². The molecule has 0 radical (unpaired) electrons. The fourth-order valence-electron chi connectivity index (χ4n) is 1.23. The molecule has 2 N–H and O–H groups in total. The van der Waals surface area contributed by atoms with Crippen LogP contribution in [0, 0.1) is 0 Å². The molecule has 6 heteroatoms. The molecule has 0 spiro atoms. The molecule has 0 unspecified atom stereocenters. The van der Waals surface area contributed by atoms with Gasteiger partial charge in [-0.2, -0.15) is 5.10 Å². The van der Waals surface area contributed by atoms with E-state index in [-0.39, 0.29) is 0 Å². The van der Waals surface area contributed by atoms with Crippen molar-refractivity contribution < 1.29 is 9.21 Å². The van der Waals surface area contributed by atoms with Crippen molar-refractivity contribution in [2.24, 2.45) is 5.10 Å². The summed E-state index contributed by atoms with van der Waals surface area (Å²) in [6, 6.07) is 12.2. The van der Waals surface area contributed by atoms with E-state index in [0.29, 0.717) is 16.1 Å². The van der Waals surface area contributed by atoms with Gasteiger partial charge >= 0.3 is 6.03 Å². The van der Waals surface area contributed by atoms with Crippen molar-refractivity contribution in [1.82, 2.24) is 5.43 Å². The fraction of sp³-hybridized carbons (Fsp3) is 0. The first-order valence-electron chi connectivity index (χ1n) is 5.14. The first kappa shape index (κ1) is 12.4. The second-order valence-corrected chi connectivity index (χ2v) is 4.11. The topological polar surface area (TPSA) is 66.6 Å². The minimum absolute atomic E-state index is 0.414. The number of urea groups is 1. The molecule has 2 rings (SSSR count). The smallest absolute Gasteiger partial charge is 0.339 e. The zero-order valence-corrected chi connectivity index (χ0v) is 10.8. The van der Waals surface area contributed by atoms with Crippen LogP contribution < -0.4 is 10.7 Å². The van der Waals surface area contributed by atoms with Crippen molar-refractivity contribution in [3.8, 4) is 0 Å². The van der Waals surface area contributed by atoms with Crippen molar-refractivity contribution in [1.29, 1.82) is 0 Å². The molecule has 0 bridgehead atoms. The summed E-state index contributed by atoms with van der Waals surface area (Å²) in [5.74, 6) is 0.543. The Labute approximate surface area is 112 Å². The molecule has 0 fully saturated rings. The third-order valence-electron chi connectivity index (χ3n) is 1.98. The van der Waals surface area contributed by atoms with Crippen LogP contribution in [0.4, 0.5) is 10.5 Å². The Morgan fingerprint density at radius 1 is 1.22 bits per heavy atom. The van der Waals surface area contributed by atoms with Crippen LogP contribution in [0.3, 0.4) is 0 Å². The first-order chi connectivity index (χ1) is 8.74. The van der Waals surface area contributed by atoms with Crippen molar-refractivity contribution in [2.45, 2.75) is 0 Å². The Morgan fingerprint density at radius 2 is 2.00 bits per heavy atom. The molecule has 2 aromatic rings. The molecular weight excluding hydrogens is 298 g/mol. The lowest BCUT2D eigenvalue weighted by Gasteiger charge is -2.02. The molecule has 1 aromatic carbocycles. The van der Waals surface area contributed by atoms with Crippen LogP contribution in [0.15, 0.2) is 56.7 Å². The predicted octanol–water partition coefficient (Wildman–Crippen LogP) is 3.20. The summed E-state index contributed by atoms with van der Waals surface area (Å²) in [4.78, 5) is 11.4.